The zero-order chi connectivity index (χ0) is 16.1. The maximum atomic E-state index is 12.9. The quantitative estimate of drug-likeness (QED) is 0.746. The molecule has 1 aliphatic carbocycles. The molecule has 1 aromatic rings. The maximum Gasteiger partial charge on any atom is 0.310 e. The van der Waals surface area contributed by atoms with Gasteiger partial charge >= 0.3 is 5.97 Å². The Kier molecular flexibility index (Phi) is 6.00. The topological polar surface area (TPSA) is 46.6 Å². The van der Waals surface area contributed by atoms with Crippen molar-refractivity contribution in [1.82, 2.24) is 4.90 Å². The van der Waals surface area contributed by atoms with Gasteiger partial charge in [-0.05, 0) is 40.9 Å². The standard InChI is InChI=1S/C17H22BrNO3/c1-12(17(21)22-2)11-19(13-7-3-4-8-13)16(20)14-9-5-6-10-15(14)18/h5-6,9-10,12-13H,3-4,7-8,11H2,1-2H3. The van der Waals surface area contributed by atoms with Crippen LogP contribution in [-0.4, -0.2) is 36.5 Å². The minimum absolute atomic E-state index is 0.0184. The first-order valence-corrected chi connectivity index (χ1v) is 8.47. The number of hydrogen-bond acceptors (Lipinski definition) is 3. The summed E-state index contributed by atoms with van der Waals surface area (Å²) >= 11 is 3.44. The number of carbonyl (C=O) groups excluding carboxylic acids is 2. The van der Waals surface area contributed by atoms with Gasteiger partial charge in [0, 0.05) is 17.1 Å². The number of rotatable bonds is 5. The molecule has 0 heterocycles. The van der Waals surface area contributed by atoms with E-state index in [0.29, 0.717) is 12.1 Å². The van der Waals surface area contributed by atoms with E-state index in [1.807, 2.05) is 29.2 Å². The van der Waals surface area contributed by atoms with E-state index in [1.165, 1.54) is 7.11 Å². The van der Waals surface area contributed by atoms with Crippen LogP contribution in [0.25, 0.3) is 0 Å². The number of methoxy groups -OCH3 is 1. The molecule has 0 N–H and O–H groups in total. The number of ether oxygens (including phenoxy) is 1. The summed E-state index contributed by atoms with van der Waals surface area (Å²) in [6.45, 7) is 2.21. The summed E-state index contributed by atoms with van der Waals surface area (Å²) in [5.41, 5.74) is 0.645. The molecule has 1 saturated carbocycles. The third kappa shape index (κ3) is 3.88. The summed E-state index contributed by atoms with van der Waals surface area (Å²) < 4.78 is 5.58. The number of amides is 1. The number of carbonyl (C=O) groups is 2. The fourth-order valence-corrected chi connectivity index (χ4v) is 3.43. The third-order valence-electron chi connectivity index (χ3n) is 4.20. The summed E-state index contributed by atoms with van der Waals surface area (Å²) in [5, 5.41) is 0. The molecule has 1 atom stereocenters. The van der Waals surface area contributed by atoms with Gasteiger partial charge < -0.3 is 9.64 Å². The Bertz CT molecular complexity index is 540. The van der Waals surface area contributed by atoms with Crippen molar-refractivity contribution >= 4 is 27.8 Å². The molecule has 0 radical (unpaired) electrons. The van der Waals surface area contributed by atoms with Gasteiger partial charge in [0.1, 0.15) is 0 Å². The van der Waals surface area contributed by atoms with Crippen LogP contribution in [0.5, 0.6) is 0 Å². The van der Waals surface area contributed by atoms with Gasteiger partial charge in [0.15, 0.2) is 0 Å². The SMILES string of the molecule is COC(=O)C(C)CN(C(=O)c1ccccc1Br)C1CCCC1. The van der Waals surface area contributed by atoms with Gasteiger partial charge in [-0.25, -0.2) is 0 Å². The van der Waals surface area contributed by atoms with Gasteiger partial charge in [0.2, 0.25) is 0 Å². The second kappa shape index (κ2) is 7.77. The van der Waals surface area contributed by atoms with Crippen molar-refractivity contribution in [2.45, 2.75) is 38.6 Å². The number of halogens is 1. The Morgan fingerprint density at radius 2 is 1.95 bits per heavy atom. The lowest BCUT2D eigenvalue weighted by molar-refractivity contribution is -0.145. The van der Waals surface area contributed by atoms with Gasteiger partial charge in [-0.3, -0.25) is 9.59 Å². The second-order valence-corrected chi connectivity index (χ2v) is 6.65. The van der Waals surface area contributed by atoms with Crippen molar-refractivity contribution < 1.29 is 14.3 Å². The molecule has 5 heteroatoms. The normalized spacial score (nSPS) is 16.3. The summed E-state index contributed by atoms with van der Waals surface area (Å²) in [7, 11) is 1.38. The molecule has 0 saturated heterocycles. The van der Waals surface area contributed by atoms with E-state index < -0.39 is 0 Å². The number of nitrogens with zero attached hydrogens (tertiary/aromatic N) is 1. The third-order valence-corrected chi connectivity index (χ3v) is 4.90. The molecule has 1 unspecified atom stereocenters. The summed E-state index contributed by atoms with van der Waals surface area (Å²) in [6.07, 6.45) is 4.28. The van der Waals surface area contributed by atoms with Crippen LogP contribution >= 0.6 is 15.9 Å². The van der Waals surface area contributed by atoms with Crippen LogP contribution in [0.15, 0.2) is 28.7 Å². The molecular formula is C17H22BrNO3. The van der Waals surface area contributed by atoms with Crippen LogP contribution in [0.1, 0.15) is 43.0 Å². The van der Waals surface area contributed by atoms with Crippen LogP contribution in [0.3, 0.4) is 0 Å². The molecule has 0 aromatic heterocycles. The van der Waals surface area contributed by atoms with Crippen molar-refractivity contribution in [2.75, 3.05) is 13.7 Å². The number of hydrogen-bond donors (Lipinski definition) is 0. The lowest BCUT2D eigenvalue weighted by Crippen LogP contribution is -2.43. The highest BCUT2D eigenvalue weighted by Gasteiger charge is 2.31. The van der Waals surface area contributed by atoms with Crippen molar-refractivity contribution in [1.29, 1.82) is 0 Å². The molecule has 1 fully saturated rings. The first kappa shape index (κ1) is 17.0. The van der Waals surface area contributed by atoms with Crippen LogP contribution < -0.4 is 0 Å². The number of benzene rings is 1. The van der Waals surface area contributed by atoms with E-state index >= 15 is 0 Å². The lowest BCUT2D eigenvalue weighted by atomic mass is 10.1. The Labute approximate surface area is 140 Å². The van der Waals surface area contributed by atoms with Crippen molar-refractivity contribution in [3.8, 4) is 0 Å². The molecular weight excluding hydrogens is 346 g/mol. The Balaban J connectivity index is 2.22. The van der Waals surface area contributed by atoms with E-state index in [9.17, 15) is 9.59 Å². The molecule has 0 spiro atoms. The minimum Gasteiger partial charge on any atom is -0.469 e. The van der Waals surface area contributed by atoms with E-state index in [4.69, 9.17) is 4.74 Å². The van der Waals surface area contributed by atoms with Crippen LogP contribution in [0.2, 0.25) is 0 Å². The lowest BCUT2D eigenvalue weighted by Gasteiger charge is -2.31. The maximum absolute atomic E-state index is 12.9. The van der Waals surface area contributed by atoms with Crippen LogP contribution in [0.4, 0.5) is 0 Å². The zero-order valence-electron chi connectivity index (χ0n) is 13.0. The van der Waals surface area contributed by atoms with E-state index in [2.05, 4.69) is 15.9 Å². The monoisotopic (exact) mass is 367 g/mol. The average molecular weight is 368 g/mol. The van der Waals surface area contributed by atoms with Crippen LogP contribution in [-0.2, 0) is 9.53 Å². The largest absolute Gasteiger partial charge is 0.469 e. The Hall–Kier alpha value is -1.36. The van der Waals surface area contributed by atoms with Crippen LogP contribution in [0, 0.1) is 5.92 Å². The van der Waals surface area contributed by atoms with Gasteiger partial charge in [-0.1, -0.05) is 31.9 Å². The van der Waals surface area contributed by atoms with Gasteiger partial charge in [-0.2, -0.15) is 0 Å². The summed E-state index contributed by atoms with van der Waals surface area (Å²) in [5.74, 6) is -0.616. The first-order chi connectivity index (χ1) is 10.5. The van der Waals surface area contributed by atoms with Gasteiger partial charge in [0.25, 0.3) is 5.91 Å². The van der Waals surface area contributed by atoms with Crippen molar-refractivity contribution in [2.24, 2.45) is 5.92 Å². The Morgan fingerprint density at radius 1 is 1.32 bits per heavy atom. The zero-order valence-corrected chi connectivity index (χ0v) is 14.6. The number of esters is 1. The average Bonchev–Trinajstić information content (AvgIpc) is 3.05. The van der Waals surface area contributed by atoms with Gasteiger partial charge in [-0.15, -0.1) is 0 Å². The van der Waals surface area contributed by atoms with Crippen molar-refractivity contribution in [3.63, 3.8) is 0 Å². The molecule has 2 rings (SSSR count). The van der Waals surface area contributed by atoms with Gasteiger partial charge in [0.05, 0.1) is 18.6 Å². The molecule has 0 bridgehead atoms. The predicted molar refractivity (Wildman–Crippen MR) is 88.6 cm³/mol. The minimum atomic E-state index is -0.322. The highest BCUT2D eigenvalue weighted by Crippen LogP contribution is 2.27. The Morgan fingerprint density at radius 3 is 2.55 bits per heavy atom. The molecule has 120 valence electrons. The summed E-state index contributed by atoms with van der Waals surface area (Å²) in [6, 6.07) is 7.64. The van der Waals surface area contributed by atoms with Crippen molar-refractivity contribution in [3.05, 3.63) is 34.3 Å². The molecule has 1 aromatic carbocycles. The van der Waals surface area contributed by atoms with E-state index in [1.54, 1.807) is 6.92 Å². The molecule has 1 amide bonds. The first-order valence-electron chi connectivity index (χ1n) is 7.68. The smallest absolute Gasteiger partial charge is 0.310 e. The highest BCUT2D eigenvalue weighted by atomic mass is 79.9. The fraction of sp³-hybridized carbons (Fsp3) is 0.529. The predicted octanol–water partition coefficient (Wildman–Crippen LogP) is 3.64. The fourth-order valence-electron chi connectivity index (χ4n) is 2.97. The highest BCUT2D eigenvalue weighted by molar-refractivity contribution is 9.10. The molecule has 4 nitrogen and oxygen atoms in total. The molecule has 0 aliphatic heterocycles. The molecule has 1 aliphatic rings. The van der Waals surface area contributed by atoms with E-state index in [0.717, 1.165) is 30.2 Å². The second-order valence-electron chi connectivity index (χ2n) is 5.80. The van der Waals surface area contributed by atoms with E-state index in [-0.39, 0.29) is 23.8 Å². The molecule has 22 heavy (non-hydrogen) atoms. The summed E-state index contributed by atoms with van der Waals surface area (Å²) in [4.78, 5) is 26.5.